The van der Waals surface area contributed by atoms with Crippen molar-refractivity contribution in [2.24, 2.45) is 22.5 Å². The summed E-state index contributed by atoms with van der Waals surface area (Å²) in [6.45, 7) is 13.3. The highest BCUT2D eigenvalue weighted by atomic mass is 35.5. The van der Waals surface area contributed by atoms with Crippen molar-refractivity contribution >= 4 is 18.3 Å². The van der Waals surface area contributed by atoms with Crippen LogP contribution in [0.4, 0.5) is 0 Å². The summed E-state index contributed by atoms with van der Waals surface area (Å²) in [7, 11) is 0. The quantitative estimate of drug-likeness (QED) is 0.811. The van der Waals surface area contributed by atoms with Gasteiger partial charge in [-0.2, -0.15) is 0 Å². The van der Waals surface area contributed by atoms with Gasteiger partial charge in [0.15, 0.2) is 0 Å². The Hall–Kier alpha value is -0.280. The number of carbonyl (C=O) groups is 1. The molecule has 3 nitrogen and oxygen atoms in total. The number of nitrogens with one attached hydrogen (secondary N) is 1. The maximum Gasteiger partial charge on any atom is 0.224 e. The second-order valence-corrected chi connectivity index (χ2v) is 6.56. The van der Waals surface area contributed by atoms with E-state index in [1.54, 1.807) is 0 Å². The van der Waals surface area contributed by atoms with Crippen molar-refractivity contribution in [2.75, 3.05) is 6.54 Å². The second kappa shape index (κ2) is 5.38. The molecule has 0 radical (unpaired) electrons. The maximum absolute atomic E-state index is 12.4. The number of hydrogen-bond donors (Lipinski definition) is 2. The molecule has 1 saturated carbocycles. The molecule has 0 aromatic rings. The van der Waals surface area contributed by atoms with Crippen molar-refractivity contribution < 1.29 is 4.79 Å². The topological polar surface area (TPSA) is 55.1 Å². The summed E-state index contributed by atoms with van der Waals surface area (Å²) in [4.78, 5) is 12.4. The van der Waals surface area contributed by atoms with Crippen LogP contribution in [-0.4, -0.2) is 18.0 Å². The monoisotopic (exact) mass is 276 g/mol. The molecule has 1 aliphatic rings. The zero-order valence-electron chi connectivity index (χ0n) is 12.6. The maximum atomic E-state index is 12.4. The lowest BCUT2D eigenvalue weighted by Gasteiger charge is -2.32. The zero-order valence-corrected chi connectivity index (χ0v) is 13.4. The molecule has 0 heterocycles. The van der Waals surface area contributed by atoms with Gasteiger partial charge in [0.25, 0.3) is 0 Å². The van der Waals surface area contributed by atoms with Crippen molar-refractivity contribution in [3.05, 3.63) is 0 Å². The molecule has 0 unspecified atom stereocenters. The molecule has 1 fully saturated rings. The molecule has 18 heavy (non-hydrogen) atoms. The van der Waals surface area contributed by atoms with Gasteiger partial charge in [-0.25, -0.2) is 0 Å². The molecule has 0 aromatic carbocycles. The van der Waals surface area contributed by atoms with Gasteiger partial charge in [-0.15, -0.1) is 12.4 Å². The van der Waals surface area contributed by atoms with E-state index in [9.17, 15) is 4.79 Å². The fourth-order valence-corrected chi connectivity index (χ4v) is 2.95. The van der Waals surface area contributed by atoms with Gasteiger partial charge in [0.05, 0.1) is 5.54 Å². The lowest BCUT2D eigenvalue weighted by Crippen LogP contribution is -2.53. The number of hydrogen-bond acceptors (Lipinski definition) is 2. The van der Waals surface area contributed by atoms with Crippen LogP contribution >= 0.6 is 12.4 Å². The molecule has 3 N–H and O–H groups in total. The van der Waals surface area contributed by atoms with Crippen LogP contribution in [0.5, 0.6) is 0 Å². The third-order valence-corrected chi connectivity index (χ3v) is 5.42. The average molecular weight is 277 g/mol. The fourth-order valence-electron chi connectivity index (χ4n) is 2.95. The lowest BCUT2D eigenvalue weighted by molar-refractivity contribution is -0.125. The van der Waals surface area contributed by atoms with E-state index >= 15 is 0 Å². The molecule has 0 bridgehead atoms. The second-order valence-electron chi connectivity index (χ2n) is 6.56. The van der Waals surface area contributed by atoms with Crippen LogP contribution in [0.15, 0.2) is 0 Å². The minimum atomic E-state index is -0.216. The largest absolute Gasteiger partial charge is 0.349 e. The van der Waals surface area contributed by atoms with Crippen LogP contribution in [0.2, 0.25) is 0 Å². The number of carbonyl (C=O) groups excluding carboxylic acids is 1. The van der Waals surface area contributed by atoms with E-state index in [1.807, 2.05) is 0 Å². The minimum Gasteiger partial charge on any atom is -0.349 e. The Morgan fingerprint density at radius 1 is 1.17 bits per heavy atom. The van der Waals surface area contributed by atoms with Gasteiger partial charge in [-0.3, -0.25) is 4.79 Å². The van der Waals surface area contributed by atoms with E-state index < -0.39 is 0 Å². The van der Waals surface area contributed by atoms with Crippen LogP contribution in [0.1, 0.15) is 54.4 Å². The molecule has 0 aromatic heterocycles. The zero-order chi connectivity index (χ0) is 13.5. The average Bonchev–Trinajstić information content (AvgIpc) is 2.66. The van der Waals surface area contributed by atoms with Crippen LogP contribution in [0, 0.1) is 16.7 Å². The Labute approximate surface area is 118 Å². The minimum absolute atomic E-state index is 0. The van der Waals surface area contributed by atoms with Gasteiger partial charge in [0.1, 0.15) is 0 Å². The van der Waals surface area contributed by atoms with Gasteiger partial charge < -0.3 is 11.1 Å². The molecule has 0 aliphatic heterocycles. The molecule has 1 aliphatic carbocycles. The van der Waals surface area contributed by atoms with Crippen molar-refractivity contribution in [1.82, 2.24) is 5.32 Å². The third kappa shape index (κ3) is 2.53. The number of nitrogens with two attached hydrogens (primary N) is 1. The Bertz CT molecular complexity index is 287. The molecule has 108 valence electrons. The Morgan fingerprint density at radius 3 is 1.78 bits per heavy atom. The van der Waals surface area contributed by atoms with Crippen molar-refractivity contribution in [2.45, 2.75) is 59.9 Å². The van der Waals surface area contributed by atoms with Gasteiger partial charge in [0.2, 0.25) is 5.91 Å². The third-order valence-electron chi connectivity index (χ3n) is 5.42. The van der Waals surface area contributed by atoms with E-state index in [-0.39, 0.29) is 40.6 Å². The number of amides is 1. The summed E-state index contributed by atoms with van der Waals surface area (Å²) in [5.41, 5.74) is 5.79. The van der Waals surface area contributed by atoms with Gasteiger partial charge in [-0.1, -0.05) is 41.5 Å². The van der Waals surface area contributed by atoms with E-state index in [4.69, 9.17) is 5.73 Å². The highest BCUT2D eigenvalue weighted by Crippen LogP contribution is 2.68. The Morgan fingerprint density at radius 2 is 1.56 bits per heavy atom. The van der Waals surface area contributed by atoms with E-state index in [0.717, 1.165) is 12.8 Å². The molecular formula is C14H29ClN2O. The highest BCUT2D eigenvalue weighted by molar-refractivity contribution is 5.85. The van der Waals surface area contributed by atoms with Crippen LogP contribution in [0.25, 0.3) is 0 Å². The van der Waals surface area contributed by atoms with E-state index in [0.29, 0.717) is 6.54 Å². The van der Waals surface area contributed by atoms with Crippen molar-refractivity contribution in [3.8, 4) is 0 Å². The summed E-state index contributed by atoms with van der Waals surface area (Å²) in [5.74, 6) is 0.285. The summed E-state index contributed by atoms with van der Waals surface area (Å²) in [6.07, 6.45) is 1.78. The molecule has 4 heteroatoms. The predicted molar refractivity (Wildman–Crippen MR) is 78.8 cm³/mol. The van der Waals surface area contributed by atoms with Crippen LogP contribution in [-0.2, 0) is 4.79 Å². The van der Waals surface area contributed by atoms with Crippen LogP contribution in [0.3, 0.4) is 0 Å². The first-order chi connectivity index (χ1) is 7.68. The van der Waals surface area contributed by atoms with E-state index in [1.165, 1.54) is 0 Å². The van der Waals surface area contributed by atoms with Crippen molar-refractivity contribution in [1.29, 1.82) is 0 Å². The molecule has 0 saturated heterocycles. The SMILES string of the molecule is CCC(CC)(CN)NC(=O)C1C(C)(C)C1(C)C.Cl. The number of halogens is 1. The first-order valence-corrected chi connectivity index (χ1v) is 6.70. The Kier molecular flexibility index (Phi) is 5.29. The lowest BCUT2D eigenvalue weighted by atomic mass is 9.92. The van der Waals surface area contributed by atoms with Crippen LogP contribution < -0.4 is 11.1 Å². The van der Waals surface area contributed by atoms with Gasteiger partial charge >= 0.3 is 0 Å². The van der Waals surface area contributed by atoms with Gasteiger partial charge in [0, 0.05) is 12.5 Å². The molecule has 1 rings (SSSR count). The van der Waals surface area contributed by atoms with Crippen molar-refractivity contribution in [3.63, 3.8) is 0 Å². The van der Waals surface area contributed by atoms with Gasteiger partial charge in [-0.05, 0) is 23.7 Å². The molecule has 0 spiro atoms. The fraction of sp³-hybridized carbons (Fsp3) is 0.929. The summed E-state index contributed by atoms with van der Waals surface area (Å²) in [5, 5.41) is 3.19. The predicted octanol–water partition coefficient (Wildman–Crippen LogP) is 2.72. The Balaban J connectivity index is 0.00000289. The van der Waals surface area contributed by atoms with E-state index in [2.05, 4.69) is 46.9 Å². The molecular weight excluding hydrogens is 248 g/mol. The highest BCUT2D eigenvalue weighted by Gasteiger charge is 2.68. The smallest absolute Gasteiger partial charge is 0.224 e. The normalized spacial score (nSPS) is 21.1. The molecule has 1 amide bonds. The number of rotatable bonds is 5. The first kappa shape index (κ1) is 17.7. The summed E-state index contributed by atoms with van der Waals surface area (Å²) < 4.78 is 0. The first-order valence-electron chi connectivity index (χ1n) is 6.70. The standard InChI is InChI=1S/C14H28N2O.ClH/c1-7-14(8-2,9-15)16-11(17)10-12(3,4)13(10,5)6;/h10H,7-9,15H2,1-6H3,(H,16,17);1H. The molecule has 0 atom stereocenters. The summed E-state index contributed by atoms with van der Waals surface area (Å²) in [6, 6.07) is 0. The summed E-state index contributed by atoms with van der Waals surface area (Å²) >= 11 is 0.